The highest BCUT2D eigenvalue weighted by molar-refractivity contribution is 7.98. The van der Waals surface area contributed by atoms with Crippen LogP contribution >= 0.6 is 23.4 Å². The van der Waals surface area contributed by atoms with Crippen LogP contribution in [-0.2, 0) is 14.3 Å². The summed E-state index contributed by atoms with van der Waals surface area (Å²) in [5.74, 6) is -0.736. The second-order valence-electron chi connectivity index (χ2n) is 5.47. The number of halogens is 1. The Balaban J connectivity index is 2.11. The van der Waals surface area contributed by atoms with E-state index in [0.29, 0.717) is 10.6 Å². The monoisotopic (exact) mass is 389 g/mol. The summed E-state index contributed by atoms with van der Waals surface area (Å²) >= 11 is 7.86. The lowest BCUT2D eigenvalue weighted by molar-refractivity contribution is -0.141. The van der Waals surface area contributed by atoms with Gasteiger partial charge in [0.25, 0.3) is 0 Å². The SMILES string of the molecule is COC(=O)CC(NC(=O)/C=C\c1ccc(SC)cc1)c1ccccc1Cl. The summed E-state index contributed by atoms with van der Waals surface area (Å²) in [4.78, 5) is 25.2. The summed E-state index contributed by atoms with van der Waals surface area (Å²) in [6.07, 6.45) is 5.17. The summed E-state index contributed by atoms with van der Waals surface area (Å²) in [5.41, 5.74) is 1.59. The molecule has 1 atom stereocenters. The second-order valence-corrected chi connectivity index (χ2v) is 6.76. The summed E-state index contributed by atoms with van der Waals surface area (Å²) in [6, 6.07) is 14.4. The predicted octanol–water partition coefficient (Wildman–Crippen LogP) is 4.50. The number of thioether (sulfide) groups is 1. The molecule has 0 aliphatic carbocycles. The Bertz CT molecular complexity index is 790. The van der Waals surface area contributed by atoms with Crippen LogP contribution in [0.3, 0.4) is 0 Å². The molecule has 2 rings (SSSR count). The molecule has 2 aromatic carbocycles. The third-order valence-corrected chi connectivity index (χ3v) is 4.83. The molecule has 6 heteroatoms. The highest BCUT2D eigenvalue weighted by Crippen LogP contribution is 2.25. The van der Waals surface area contributed by atoms with E-state index in [0.717, 1.165) is 10.5 Å². The molecule has 0 saturated carbocycles. The minimum atomic E-state index is -0.563. The number of hydrogen-bond acceptors (Lipinski definition) is 4. The van der Waals surface area contributed by atoms with Gasteiger partial charge in [-0.05, 0) is 41.7 Å². The van der Waals surface area contributed by atoms with Crippen LogP contribution in [0, 0.1) is 0 Å². The molecule has 0 aliphatic heterocycles. The zero-order chi connectivity index (χ0) is 18.9. The van der Waals surface area contributed by atoms with Gasteiger partial charge >= 0.3 is 5.97 Å². The molecule has 0 radical (unpaired) electrons. The van der Waals surface area contributed by atoms with E-state index in [9.17, 15) is 9.59 Å². The van der Waals surface area contributed by atoms with Crippen LogP contribution in [0.5, 0.6) is 0 Å². The molecule has 0 fully saturated rings. The molecule has 1 N–H and O–H groups in total. The number of benzene rings is 2. The van der Waals surface area contributed by atoms with Gasteiger partial charge in [-0.2, -0.15) is 0 Å². The van der Waals surface area contributed by atoms with Gasteiger partial charge < -0.3 is 10.1 Å². The number of rotatable bonds is 7. The molecule has 1 unspecified atom stereocenters. The number of hydrogen-bond donors (Lipinski definition) is 1. The number of carbonyl (C=O) groups excluding carboxylic acids is 2. The van der Waals surface area contributed by atoms with Gasteiger partial charge in [-0.1, -0.05) is 41.9 Å². The lowest BCUT2D eigenvalue weighted by Gasteiger charge is -2.18. The van der Waals surface area contributed by atoms with Crippen molar-refractivity contribution in [2.45, 2.75) is 17.4 Å². The van der Waals surface area contributed by atoms with Crippen LogP contribution in [0.15, 0.2) is 59.5 Å². The lowest BCUT2D eigenvalue weighted by atomic mass is 10.0. The molecule has 0 aromatic heterocycles. The minimum absolute atomic E-state index is 0.00222. The maximum Gasteiger partial charge on any atom is 0.307 e. The average Bonchev–Trinajstić information content (AvgIpc) is 2.66. The van der Waals surface area contributed by atoms with Crippen LogP contribution in [0.1, 0.15) is 23.6 Å². The van der Waals surface area contributed by atoms with Gasteiger partial charge in [0.1, 0.15) is 0 Å². The maximum atomic E-state index is 12.3. The minimum Gasteiger partial charge on any atom is -0.469 e. The van der Waals surface area contributed by atoms with Crippen molar-refractivity contribution in [3.63, 3.8) is 0 Å². The highest BCUT2D eigenvalue weighted by atomic mass is 35.5. The lowest BCUT2D eigenvalue weighted by Crippen LogP contribution is -2.29. The zero-order valence-electron chi connectivity index (χ0n) is 14.6. The fourth-order valence-corrected chi connectivity index (χ4v) is 3.03. The fraction of sp³-hybridized carbons (Fsp3) is 0.200. The van der Waals surface area contributed by atoms with Crippen molar-refractivity contribution in [1.82, 2.24) is 5.32 Å². The third kappa shape index (κ3) is 5.93. The molecule has 0 aliphatic rings. The third-order valence-electron chi connectivity index (χ3n) is 3.74. The molecular formula is C20H20ClNO3S. The van der Waals surface area contributed by atoms with Crippen molar-refractivity contribution in [3.8, 4) is 0 Å². The van der Waals surface area contributed by atoms with E-state index in [2.05, 4.69) is 5.32 Å². The number of methoxy groups -OCH3 is 1. The summed E-state index contributed by atoms with van der Waals surface area (Å²) in [6.45, 7) is 0. The smallest absolute Gasteiger partial charge is 0.307 e. The van der Waals surface area contributed by atoms with Crippen molar-refractivity contribution >= 4 is 41.3 Å². The molecule has 26 heavy (non-hydrogen) atoms. The molecule has 0 saturated heterocycles. The average molecular weight is 390 g/mol. The molecule has 2 aromatic rings. The van der Waals surface area contributed by atoms with Crippen LogP contribution in [0.25, 0.3) is 6.08 Å². The molecular weight excluding hydrogens is 370 g/mol. The van der Waals surface area contributed by atoms with E-state index < -0.39 is 12.0 Å². The van der Waals surface area contributed by atoms with Gasteiger partial charge in [0.2, 0.25) is 5.91 Å². The molecule has 1 amide bonds. The molecule has 4 nitrogen and oxygen atoms in total. The first-order valence-corrected chi connectivity index (χ1v) is 9.57. The molecule has 0 heterocycles. The first kappa shape index (κ1) is 20.1. The fourth-order valence-electron chi connectivity index (χ4n) is 2.35. The molecule has 0 bridgehead atoms. The summed E-state index contributed by atoms with van der Waals surface area (Å²) < 4.78 is 4.72. The largest absolute Gasteiger partial charge is 0.469 e. The quantitative estimate of drug-likeness (QED) is 0.430. The number of amides is 1. The van der Waals surface area contributed by atoms with Crippen molar-refractivity contribution in [2.24, 2.45) is 0 Å². The number of carbonyl (C=O) groups is 2. The predicted molar refractivity (Wildman–Crippen MR) is 106 cm³/mol. The summed E-state index contributed by atoms with van der Waals surface area (Å²) in [5, 5.41) is 3.30. The first-order chi connectivity index (χ1) is 12.5. The van der Waals surface area contributed by atoms with E-state index >= 15 is 0 Å². The van der Waals surface area contributed by atoms with E-state index in [-0.39, 0.29) is 12.3 Å². The van der Waals surface area contributed by atoms with Crippen LogP contribution in [0.4, 0.5) is 0 Å². The van der Waals surface area contributed by atoms with E-state index in [1.54, 1.807) is 42.1 Å². The van der Waals surface area contributed by atoms with E-state index in [1.807, 2.05) is 30.5 Å². The van der Waals surface area contributed by atoms with Gasteiger partial charge in [-0.3, -0.25) is 9.59 Å². The van der Waals surface area contributed by atoms with Crippen molar-refractivity contribution < 1.29 is 14.3 Å². The van der Waals surface area contributed by atoms with Crippen molar-refractivity contribution in [2.75, 3.05) is 13.4 Å². The Morgan fingerprint density at radius 3 is 2.50 bits per heavy atom. The van der Waals surface area contributed by atoms with Gasteiger partial charge in [-0.25, -0.2) is 0 Å². The number of esters is 1. The normalized spacial score (nSPS) is 12.0. The Morgan fingerprint density at radius 2 is 1.88 bits per heavy atom. The second kappa shape index (κ2) is 10.0. The zero-order valence-corrected chi connectivity index (χ0v) is 16.1. The van der Waals surface area contributed by atoms with Crippen LogP contribution in [-0.4, -0.2) is 25.2 Å². The number of ether oxygens (including phenoxy) is 1. The Morgan fingerprint density at radius 1 is 1.19 bits per heavy atom. The van der Waals surface area contributed by atoms with Crippen LogP contribution < -0.4 is 5.32 Å². The topological polar surface area (TPSA) is 55.4 Å². The van der Waals surface area contributed by atoms with Gasteiger partial charge in [0.15, 0.2) is 0 Å². The first-order valence-electron chi connectivity index (χ1n) is 7.97. The Labute approximate surface area is 162 Å². The van der Waals surface area contributed by atoms with Gasteiger partial charge in [-0.15, -0.1) is 11.8 Å². The van der Waals surface area contributed by atoms with Gasteiger partial charge in [0, 0.05) is 16.0 Å². The van der Waals surface area contributed by atoms with Crippen LogP contribution in [0.2, 0.25) is 5.02 Å². The molecule has 0 spiro atoms. The van der Waals surface area contributed by atoms with E-state index in [4.69, 9.17) is 16.3 Å². The van der Waals surface area contributed by atoms with E-state index in [1.165, 1.54) is 13.2 Å². The van der Waals surface area contributed by atoms with Gasteiger partial charge in [0.05, 0.1) is 19.6 Å². The summed E-state index contributed by atoms with van der Waals surface area (Å²) in [7, 11) is 1.31. The number of nitrogens with one attached hydrogen (secondary N) is 1. The highest BCUT2D eigenvalue weighted by Gasteiger charge is 2.20. The Hall–Kier alpha value is -2.24. The maximum absolute atomic E-state index is 12.3. The van der Waals surface area contributed by atoms with Crippen molar-refractivity contribution in [3.05, 3.63) is 70.8 Å². The molecule has 136 valence electrons. The standard InChI is InChI=1S/C20H20ClNO3S/c1-25-20(24)13-18(16-5-3-4-6-17(16)21)22-19(23)12-9-14-7-10-15(26-2)11-8-14/h3-12,18H,13H2,1-2H3,(H,22,23)/b12-9-. The van der Waals surface area contributed by atoms with Crippen molar-refractivity contribution in [1.29, 1.82) is 0 Å². The Kier molecular flexibility index (Phi) is 7.75.